The Labute approximate surface area is 175 Å². The van der Waals surface area contributed by atoms with E-state index >= 15 is 0 Å². The van der Waals surface area contributed by atoms with Crippen LogP contribution in [0.3, 0.4) is 0 Å². The number of nitrogens with one attached hydrogen (secondary N) is 2. The molecule has 2 N–H and O–H groups in total. The van der Waals surface area contributed by atoms with Crippen molar-refractivity contribution < 1.29 is 22.1 Å². The molecule has 0 saturated carbocycles. The zero-order valence-corrected chi connectivity index (χ0v) is 16.2. The summed E-state index contributed by atoms with van der Waals surface area (Å²) in [4.78, 5) is 30.9. The van der Waals surface area contributed by atoms with E-state index in [1.54, 1.807) is 7.05 Å². The number of rotatable bonds is 7. The molecule has 0 bridgehead atoms. The van der Waals surface area contributed by atoms with Gasteiger partial charge in [0.15, 0.2) is 5.82 Å². The van der Waals surface area contributed by atoms with Crippen molar-refractivity contribution in [1.82, 2.24) is 24.9 Å². The second kappa shape index (κ2) is 7.86. The largest absolute Gasteiger partial charge is 0.471 e. The number of hydrogen-bond donors (Lipinski definition) is 2. The highest BCUT2D eigenvalue weighted by atomic mass is 19.4. The van der Waals surface area contributed by atoms with Crippen LogP contribution in [0.2, 0.25) is 0 Å². The van der Waals surface area contributed by atoms with Gasteiger partial charge in [-0.15, -0.1) is 0 Å². The summed E-state index contributed by atoms with van der Waals surface area (Å²) < 4.78 is 57.8. The lowest BCUT2D eigenvalue weighted by atomic mass is 10.1. The monoisotopic (exact) mass is 451 g/mol. The van der Waals surface area contributed by atoms with Crippen LogP contribution in [-0.4, -0.2) is 24.9 Å². The van der Waals surface area contributed by atoms with Gasteiger partial charge in [0.05, 0.1) is 6.54 Å². The lowest BCUT2D eigenvalue weighted by molar-refractivity contribution is -0.159. The van der Waals surface area contributed by atoms with Crippen molar-refractivity contribution in [2.45, 2.75) is 19.3 Å². The third-order valence-electron chi connectivity index (χ3n) is 4.42. The summed E-state index contributed by atoms with van der Waals surface area (Å²) in [5, 5.41) is 12.7. The van der Waals surface area contributed by atoms with E-state index in [4.69, 9.17) is 0 Å². The smallest absolute Gasteiger partial charge is 0.376 e. The third-order valence-corrected chi connectivity index (χ3v) is 4.42. The van der Waals surface area contributed by atoms with Crippen molar-refractivity contribution in [3.8, 4) is 11.4 Å². The topological polar surface area (TPSA) is 128 Å². The molecule has 0 saturated heterocycles. The van der Waals surface area contributed by atoms with Gasteiger partial charge in [0.2, 0.25) is 5.82 Å². The Bertz CT molecular complexity index is 1350. The molecule has 14 heteroatoms. The zero-order valence-electron chi connectivity index (χ0n) is 16.2. The number of anilines is 2. The average Bonchev–Trinajstić information content (AvgIpc) is 3.40. The summed E-state index contributed by atoms with van der Waals surface area (Å²) in [6, 6.07) is 3.53. The van der Waals surface area contributed by atoms with E-state index in [-0.39, 0.29) is 35.6 Å². The first-order valence-electron chi connectivity index (χ1n) is 8.98. The Morgan fingerprint density at radius 1 is 1.09 bits per heavy atom. The van der Waals surface area contributed by atoms with Crippen LogP contribution < -0.4 is 21.5 Å². The molecule has 0 aliphatic heterocycles. The van der Waals surface area contributed by atoms with E-state index in [1.807, 2.05) is 0 Å². The molecule has 2 aromatic carbocycles. The molecule has 0 aliphatic rings. The molecule has 4 aromatic rings. The molecule has 0 amide bonds. The summed E-state index contributed by atoms with van der Waals surface area (Å²) >= 11 is 0. The van der Waals surface area contributed by atoms with Gasteiger partial charge in [-0.25, -0.2) is 9.37 Å². The van der Waals surface area contributed by atoms with Crippen molar-refractivity contribution in [3.05, 3.63) is 68.1 Å². The molecule has 4 rings (SSSR count). The van der Waals surface area contributed by atoms with Crippen LogP contribution in [0, 0.1) is 5.82 Å². The van der Waals surface area contributed by atoms with Crippen LogP contribution >= 0.6 is 0 Å². The van der Waals surface area contributed by atoms with Crippen molar-refractivity contribution >= 4 is 11.4 Å². The summed E-state index contributed by atoms with van der Waals surface area (Å²) in [6.07, 6.45) is -3.34. The number of benzene rings is 1. The predicted octanol–water partition coefficient (Wildman–Crippen LogP) is 1.84. The van der Waals surface area contributed by atoms with E-state index in [0.717, 1.165) is 6.07 Å². The maximum atomic E-state index is 14.4. The van der Waals surface area contributed by atoms with Crippen molar-refractivity contribution in [3.63, 3.8) is 0 Å². The molecule has 0 aliphatic carbocycles. The van der Waals surface area contributed by atoms with Crippen LogP contribution in [0.5, 0.6) is 0 Å². The molecule has 2 aromatic heterocycles. The molecule has 0 atom stereocenters. The van der Waals surface area contributed by atoms with Crippen LogP contribution in [0.1, 0.15) is 17.3 Å². The van der Waals surface area contributed by atoms with Gasteiger partial charge in [-0.2, -0.15) is 23.3 Å². The Hall–Kier alpha value is -4.10. The van der Waals surface area contributed by atoms with Crippen LogP contribution in [0.25, 0.3) is 11.4 Å². The van der Waals surface area contributed by atoms with E-state index in [2.05, 4.69) is 35.4 Å². The van der Waals surface area contributed by atoms with Crippen molar-refractivity contribution in [1.29, 1.82) is 0 Å². The highest BCUT2D eigenvalue weighted by Crippen LogP contribution is 2.29. The lowest BCUT2D eigenvalue weighted by Crippen LogP contribution is -2.37. The summed E-state index contributed by atoms with van der Waals surface area (Å²) in [5.74, 6) is -2.34. The number of nitrogens with zero attached hydrogens (tertiary/aromatic N) is 5. The fourth-order valence-corrected chi connectivity index (χ4v) is 2.83. The zero-order chi connectivity index (χ0) is 23.0. The SMILES string of the molecule is Cn1cnc(CNc2c(NCc3ccc(-c4noc(C(F)(F)F)n4)cc3F)c(=O)c2=O)n1. The standard InChI is InChI=1S/C18H13F4N7O3/c1-29-7-25-11(27-29)6-24-13-12(14(30)15(13)31)23-5-9-3-2-8(4-10(9)19)16-26-17(32-28-16)18(20,21)22/h2-4,7,23-24H,5-6H2,1H3. The van der Waals surface area contributed by atoms with Gasteiger partial charge >= 0.3 is 12.1 Å². The Balaban J connectivity index is 1.44. The fraction of sp³-hybridized carbons (Fsp3) is 0.222. The molecule has 2 heterocycles. The van der Waals surface area contributed by atoms with Crippen molar-refractivity contribution in [2.75, 3.05) is 10.6 Å². The summed E-state index contributed by atoms with van der Waals surface area (Å²) in [6.45, 7) is -0.0540. The molecular formula is C18H13F4N7O3. The summed E-state index contributed by atoms with van der Waals surface area (Å²) in [7, 11) is 1.68. The molecule has 0 unspecified atom stereocenters. The predicted molar refractivity (Wildman–Crippen MR) is 102 cm³/mol. The molecule has 0 radical (unpaired) electrons. The van der Waals surface area contributed by atoms with E-state index in [0.29, 0.717) is 5.82 Å². The highest BCUT2D eigenvalue weighted by molar-refractivity contribution is 5.74. The number of aromatic nitrogens is 5. The first-order valence-corrected chi connectivity index (χ1v) is 8.98. The van der Waals surface area contributed by atoms with Gasteiger partial charge in [0.1, 0.15) is 23.5 Å². The van der Waals surface area contributed by atoms with Crippen LogP contribution in [0.4, 0.5) is 28.9 Å². The van der Waals surface area contributed by atoms with Crippen LogP contribution in [-0.2, 0) is 26.3 Å². The Kier molecular flexibility index (Phi) is 5.20. The minimum Gasteiger partial charge on any atom is -0.376 e. The van der Waals surface area contributed by atoms with Crippen LogP contribution in [0.15, 0.2) is 38.6 Å². The maximum absolute atomic E-state index is 14.4. The quantitative estimate of drug-likeness (QED) is 0.320. The fourth-order valence-electron chi connectivity index (χ4n) is 2.83. The molecule has 0 fully saturated rings. The van der Waals surface area contributed by atoms with Gasteiger partial charge in [-0.1, -0.05) is 17.3 Å². The van der Waals surface area contributed by atoms with Crippen molar-refractivity contribution in [2.24, 2.45) is 7.05 Å². The minimum atomic E-state index is -4.81. The van der Waals surface area contributed by atoms with Gasteiger partial charge in [-0.3, -0.25) is 14.3 Å². The minimum absolute atomic E-state index is 0.0117. The maximum Gasteiger partial charge on any atom is 0.471 e. The van der Waals surface area contributed by atoms with Gasteiger partial charge in [0.25, 0.3) is 10.9 Å². The molecular weight excluding hydrogens is 438 g/mol. The second-order valence-corrected chi connectivity index (χ2v) is 6.68. The first kappa shape index (κ1) is 21.1. The Morgan fingerprint density at radius 3 is 2.34 bits per heavy atom. The highest BCUT2D eigenvalue weighted by Gasteiger charge is 2.38. The normalized spacial score (nSPS) is 11.8. The molecule has 32 heavy (non-hydrogen) atoms. The summed E-state index contributed by atoms with van der Waals surface area (Å²) in [5.41, 5.74) is -1.39. The van der Waals surface area contributed by atoms with E-state index in [9.17, 15) is 27.2 Å². The third kappa shape index (κ3) is 4.06. The number of alkyl halides is 3. The Morgan fingerprint density at radius 2 is 1.78 bits per heavy atom. The van der Waals surface area contributed by atoms with Gasteiger partial charge in [-0.05, 0) is 6.07 Å². The van der Waals surface area contributed by atoms with Gasteiger partial charge < -0.3 is 15.2 Å². The molecule has 166 valence electrons. The molecule has 10 nitrogen and oxygen atoms in total. The van der Waals surface area contributed by atoms with E-state index in [1.165, 1.54) is 23.1 Å². The number of halogens is 4. The van der Waals surface area contributed by atoms with Gasteiger partial charge in [0, 0.05) is 24.7 Å². The first-order chi connectivity index (χ1) is 15.1. The second-order valence-electron chi connectivity index (χ2n) is 6.68. The lowest BCUT2D eigenvalue weighted by Gasteiger charge is -2.14. The average molecular weight is 451 g/mol. The van der Waals surface area contributed by atoms with E-state index < -0.39 is 34.6 Å². The number of hydrogen-bond acceptors (Lipinski definition) is 9. The number of aryl methyl sites for hydroxylation is 1. The molecule has 0 spiro atoms.